The van der Waals surface area contributed by atoms with Gasteiger partial charge >= 0.3 is 6.03 Å². The van der Waals surface area contributed by atoms with Gasteiger partial charge < -0.3 is 16.0 Å². The second-order valence-corrected chi connectivity index (χ2v) is 5.89. The Morgan fingerprint density at radius 1 is 1.40 bits per heavy atom. The van der Waals surface area contributed by atoms with Gasteiger partial charge in [-0.05, 0) is 46.8 Å². The number of likely N-dealkylation sites (tertiary alicyclic amines) is 1. The SMILES string of the molecule is NC(=O)C[C@H]1CCCN(C(=O)Nc2ccccc2Br)C1. The van der Waals surface area contributed by atoms with Gasteiger partial charge in [0.2, 0.25) is 5.91 Å². The average Bonchev–Trinajstić information content (AvgIpc) is 2.41. The van der Waals surface area contributed by atoms with Crippen LogP contribution >= 0.6 is 15.9 Å². The van der Waals surface area contributed by atoms with Gasteiger partial charge in [0, 0.05) is 24.0 Å². The maximum absolute atomic E-state index is 12.2. The maximum atomic E-state index is 12.2. The van der Waals surface area contributed by atoms with Gasteiger partial charge in [-0.25, -0.2) is 4.79 Å². The van der Waals surface area contributed by atoms with E-state index in [4.69, 9.17) is 5.73 Å². The molecule has 3 amide bonds. The van der Waals surface area contributed by atoms with E-state index in [0.717, 1.165) is 23.0 Å². The predicted octanol–water partition coefficient (Wildman–Crippen LogP) is 2.57. The van der Waals surface area contributed by atoms with Crippen LogP contribution in [0.2, 0.25) is 0 Å². The number of primary amides is 1. The van der Waals surface area contributed by atoms with Crippen molar-refractivity contribution < 1.29 is 9.59 Å². The highest BCUT2D eigenvalue weighted by atomic mass is 79.9. The molecule has 5 nitrogen and oxygen atoms in total. The third kappa shape index (κ3) is 3.96. The van der Waals surface area contributed by atoms with Crippen LogP contribution in [-0.4, -0.2) is 29.9 Å². The molecule has 1 heterocycles. The van der Waals surface area contributed by atoms with Crippen LogP contribution in [0.25, 0.3) is 0 Å². The number of nitrogens with one attached hydrogen (secondary N) is 1. The fourth-order valence-electron chi connectivity index (χ4n) is 2.46. The maximum Gasteiger partial charge on any atom is 0.321 e. The van der Waals surface area contributed by atoms with Crippen LogP contribution in [0.15, 0.2) is 28.7 Å². The first-order valence-corrected chi connectivity index (χ1v) is 7.44. The van der Waals surface area contributed by atoms with Gasteiger partial charge in [0.25, 0.3) is 0 Å². The van der Waals surface area contributed by atoms with E-state index in [-0.39, 0.29) is 17.9 Å². The van der Waals surface area contributed by atoms with Gasteiger partial charge in [0.1, 0.15) is 0 Å². The Labute approximate surface area is 126 Å². The highest BCUT2D eigenvalue weighted by Gasteiger charge is 2.24. The summed E-state index contributed by atoms with van der Waals surface area (Å²) in [6, 6.07) is 7.34. The first kappa shape index (κ1) is 14.8. The first-order chi connectivity index (χ1) is 9.56. The Morgan fingerprint density at radius 2 is 2.15 bits per heavy atom. The molecule has 1 aromatic rings. The van der Waals surface area contributed by atoms with Crippen molar-refractivity contribution in [1.29, 1.82) is 0 Å². The van der Waals surface area contributed by atoms with Gasteiger partial charge in [-0.1, -0.05) is 12.1 Å². The molecule has 0 aromatic heterocycles. The predicted molar refractivity (Wildman–Crippen MR) is 81.3 cm³/mol. The lowest BCUT2D eigenvalue weighted by Gasteiger charge is -2.32. The minimum absolute atomic E-state index is 0.133. The van der Waals surface area contributed by atoms with Crippen LogP contribution in [0.1, 0.15) is 19.3 Å². The zero-order valence-corrected chi connectivity index (χ0v) is 12.7. The van der Waals surface area contributed by atoms with Gasteiger partial charge in [-0.15, -0.1) is 0 Å². The summed E-state index contributed by atoms with van der Waals surface area (Å²) in [5.41, 5.74) is 5.97. The number of hydrogen-bond acceptors (Lipinski definition) is 2. The molecule has 6 heteroatoms. The van der Waals surface area contributed by atoms with E-state index < -0.39 is 0 Å². The van der Waals surface area contributed by atoms with Crippen molar-refractivity contribution in [2.45, 2.75) is 19.3 Å². The first-order valence-electron chi connectivity index (χ1n) is 6.65. The number of rotatable bonds is 3. The number of para-hydroxylation sites is 1. The molecule has 3 N–H and O–H groups in total. The zero-order valence-electron chi connectivity index (χ0n) is 11.1. The largest absolute Gasteiger partial charge is 0.370 e. The molecule has 1 atom stereocenters. The Morgan fingerprint density at radius 3 is 2.85 bits per heavy atom. The fraction of sp³-hybridized carbons (Fsp3) is 0.429. The summed E-state index contributed by atoms with van der Waals surface area (Å²) in [6.07, 6.45) is 2.20. The molecular weight excluding hydrogens is 322 g/mol. The third-order valence-corrected chi connectivity index (χ3v) is 4.10. The van der Waals surface area contributed by atoms with Crippen LogP contribution in [0.4, 0.5) is 10.5 Å². The Balaban J connectivity index is 1.95. The molecule has 0 saturated carbocycles. The van der Waals surface area contributed by atoms with Crippen molar-refractivity contribution in [3.63, 3.8) is 0 Å². The normalized spacial score (nSPS) is 18.6. The topological polar surface area (TPSA) is 75.4 Å². The number of amides is 3. The number of nitrogens with zero attached hydrogens (tertiary/aromatic N) is 1. The van der Waals surface area contributed by atoms with Crippen LogP contribution in [-0.2, 0) is 4.79 Å². The second-order valence-electron chi connectivity index (χ2n) is 5.03. The number of carbonyl (C=O) groups excluding carboxylic acids is 2. The molecule has 0 radical (unpaired) electrons. The number of hydrogen-bond donors (Lipinski definition) is 2. The van der Waals surface area contributed by atoms with Gasteiger partial charge in [-0.2, -0.15) is 0 Å². The van der Waals surface area contributed by atoms with E-state index in [1.807, 2.05) is 24.3 Å². The minimum atomic E-state index is -0.303. The van der Waals surface area contributed by atoms with E-state index in [9.17, 15) is 9.59 Å². The lowest BCUT2D eigenvalue weighted by molar-refractivity contribution is -0.119. The van der Waals surface area contributed by atoms with Gasteiger partial charge in [0.15, 0.2) is 0 Å². The number of anilines is 1. The van der Waals surface area contributed by atoms with E-state index in [0.29, 0.717) is 19.5 Å². The van der Waals surface area contributed by atoms with Crippen molar-refractivity contribution in [3.05, 3.63) is 28.7 Å². The van der Waals surface area contributed by atoms with Gasteiger partial charge in [-0.3, -0.25) is 4.79 Å². The highest BCUT2D eigenvalue weighted by Crippen LogP contribution is 2.23. The lowest BCUT2D eigenvalue weighted by atomic mass is 9.95. The van der Waals surface area contributed by atoms with E-state index >= 15 is 0 Å². The highest BCUT2D eigenvalue weighted by molar-refractivity contribution is 9.10. The van der Waals surface area contributed by atoms with Crippen molar-refractivity contribution in [3.8, 4) is 0 Å². The molecule has 20 heavy (non-hydrogen) atoms. The Kier molecular flexibility index (Phi) is 5.00. The molecule has 1 fully saturated rings. The van der Waals surface area contributed by atoms with Crippen molar-refractivity contribution in [2.75, 3.05) is 18.4 Å². The lowest BCUT2D eigenvalue weighted by Crippen LogP contribution is -2.43. The standard InChI is InChI=1S/C14H18BrN3O2/c15-11-5-1-2-6-12(11)17-14(20)18-7-3-4-10(9-18)8-13(16)19/h1-2,5-6,10H,3-4,7-9H2,(H2,16,19)(H,17,20)/t10-/m1/s1. The number of nitrogens with two attached hydrogens (primary N) is 1. The molecule has 1 saturated heterocycles. The monoisotopic (exact) mass is 339 g/mol. The van der Waals surface area contributed by atoms with E-state index in [1.54, 1.807) is 4.90 Å². The second kappa shape index (κ2) is 6.74. The smallest absolute Gasteiger partial charge is 0.321 e. The molecule has 0 bridgehead atoms. The third-order valence-electron chi connectivity index (χ3n) is 3.41. The molecule has 1 aliphatic rings. The zero-order chi connectivity index (χ0) is 14.5. The van der Waals surface area contributed by atoms with Crippen LogP contribution in [0, 0.1) is 5.92 Å². The molecule has 1 aliphatic heterocycles. The van der Waals surface area contributed by atoms with Crippen LogP contribution in [0.5, 0.6) is 0 Å². The number of carbonyl (C=O) groups is 2. The van der Waals surface area contributed by atoms with Crippen molar-refractivity contribution in [2.24, 2.45) is 11.7 Å². The number of halogens is 1. The average molecular weight is 340 g/mol. The van der Waals surface area contributed by atoms with Gasteiger partial charge in [0.05, 0.1) is 5.69 Å². The summed E-state index contributed by atoms with van der Waals surface area (Å²) in [7, 11) is 0. The minimum Gasteiger partial charge on any atom is -0.370 e. The Hall–Kier alpha value is -1.56. The molecule has 0 spiro atoms. The van der Waals surface area contributed by atoms with E-state index in [2.05, 4.69) is 21.2 Å². The molecular formula is C14H18BrN3O2. The summed E-state index contributed by atoms with van der Waals surface area (Å²) < 4.78 is 0.846. The molecule has 1 aromatic carbocycles. The molecule has 0 unspecified atom stereocenters. The summed E-state index contributed by atoms with van der Waals surface area (Å²) in [5, 5.41) is 2.88. The molecule has 0 aliphatic carbocycles. The number of piperidine rings is 1. The van der Waals surface area contributed by atoms with E-state index in [1.165, 1.54) is 0 Å². The van der Waals surface area contributed by atoms with Crippen molar-refractivity contribution >= 4 is 33.6 Å². The number of urea groups is 1. The van der Waals surface area contributed by atoms with Crippen LogP contribution in [0.3, 0.4) is 0 Å². The van der Waals surface area contributed by atoms with Crippen LogP contribution < -0.4 is 11.1 Å². The summed E-state index contributed by atoms with van der Waals surface area (Å²) in [5.74, 6) is -0.130. The molecule has 108 valence electrons. The number of benzene rings is 1. The Bertz CT molecular complexity index is 507. The van der Waals surface area contributed by atoms with Crippen molar-refractivity contribution in [1.82, 2.24) is 4.90 Å². The molecule has 2 rings (SSSR count). The fourth-order valence-corrected chi connectivity index (χ4v) is 2.84. The summed E-state index contributed by atoms with van der Waals surface area (Å²) >= 11 is 3.40. The quantitative estimate of drug-likeness (QED) is 0.887. The summed E-state index contributed by atoms with van der Waals surface area (Å²) in [6.45, 7) is 1.30. The summed E-state index contributed by atoms with van der Waals surface area (Å²) in [4.78, 5) is 25.0.